The minimum absolute atomic E-state index is 0.152. The lowest BCUT2D eigenvalue weighted by Crippen LogP contribution is -2.27. The van der Waals surface area contributed by atoms with Crippen molar-refractivity contribution in [1.29, 1.82) is 0 Å². The van der Waals surface area contributed by atoms with E-state index >= 15 is 0 Å². The van der Waals surface area contributed by atoms with Gasteiger partial charge in [-0.2, -0.15) is 0 Å². The van der Waals surface area contributed by atoms with Gasteiger partial charge in [0.1, 0.15) is 17.6 Å². The molecule has 0 spiro atoms. The van der Waals surface area contributed by atoms with Crippen LogP contribution in [0.1, 0.15) is 31.7 Å². The molecule has 1 aromatic rings. The van der Waals surface area contributed by atoms with Gasteiger partial charge in [-0.05, 0) is 61.1 Å². The fourth-order valence-corrected chi connectivity index (χ4v) is 2.88. The SMILES string of the molecule is COc1ccc2c(c1)C=CN=CC=C1CCC(C)CC1O2. The molecule has 1 saturated carbocycles. The van der Waals surface area contributed by atoms with Gasteiger partial charge in [0, 0.05) is 18.0 Å². The van der Waals surface area contributed by atoms with Crippen molar-refractivity contribution in [3.8, 4) is 11.5 Å². The first kappa shape index (κ1) is 13.9. The Hall–Kier alpha value is -2.03. The lowest BCUT2D eigenvalue weighted by Gasteiger charge is -2.30. The first-order chi connectivity index (χ1) is 10.3. The maximum atomic E-state index is 6.31. The van der Waals surface area contributed by atoms with E-state index in [2.05, 4.69) is 18.0 Å². The summed E-state index contributed by atoms with van der Waals surface area (Å²) >= 11 is 0. The highest BCUT2D eigenvalue weighted by molar-refractivity contribution is 5.74. The van der Waals surface area contributed by atoms with E-state index in [1.165, 1.54) is 12.0 Å². The fraction of sp³-hybridized carbons (Fsp3) is 0.389. The minimum atomic E-state index is 0.152. The topological polar surface area (TPSA) is 30.8 Å². The summed E-state index contributed by atoms with van der Waals surface area (Å²) in [7, 11) is 1.67. The molecule has 1 aliphatic carbocycles. The van der Waals surface area contributed by atoms with Crippen LogP contribution in [0.5, 0.6) is 11.5 Å². The molecule has 0 amide bonds. The van der Waals surface area contributed by atoms with Gasteiger partial charge in [0.2, 0.25) is 0 Å². The quantitative estimate of drug-likeness (QED) is 0.771. The predicted octanol–water partition coefficient (Wildman–Crippen LogP) is 4.24. The van der Waals surface area contributed by atoms with Crippen molar-refractivity contribution < 1.29 is 9.47 Å². The Labute approximate surface area is 126 Å². The van der Waals surface area contributed by atoms with Crippen LogP contribution in [0.2, 0.25) is 0 Å². The summed E-state index contributed by atoms with van der Waals surface area (Å²) < 4.78 is 11.6. The molecule has 0 N–H and O–H groups in total. The molecule has 3 heteroatoms. The molecule has 2 atom stereocenters. The number of benzene rings is 1. The Bertz CT molecular complexity index is 601. The molecule has 2 aliphatic rings. The van der Waals surface area contributed by atoms with Crippen LogP contribution < -0.4 is 9.47 Å². The number of fused-ring (bicyclic) bond motifs is 2. The number of methoxy groups -OCH3 is 1. The molecule has 0 bridgehead atoms. The summed E-state index contributed by atoms with van der Waals surface area (Å²) in [5.74, 6) is 2.43. The van der Waals surface area contributed by atoms with Gasteiger partial charge in [-0.25, -0.2) is 0 Å². The second-order valence-electron chi connectivity index (χ2n) is 5.75. The highest BCUT2D eigenvalue weighted by Gasteiger charge is 2.25. The van der Waals surface area contributed by atoms with E-state index in [0.29, 0.717) is 5.92 Å². The van der Waals surface area contributed by atoms with E-state index < -0.39 is 0 Å². The van der Waals surface area contributed by atoms with Crippen molar-refractivity contribution in [1.82, 2.24) is 0 Å². The number of rotatable bonds is 1. The van der Waals surface area contributed by atoms with Gasteiger partial charge >= 0.3 is 0 Å². The van der Waals surface area contributed by atoms with Crippen molar-refractivity contribution >= 4 is 12.3 Å². The zero-order valence-electron chi connectivity index (χ0n) is 12.6. The number of hydrogen-bond donors (Lipinski definition) is 0. The molecule has 0 saturated heterocycles. The number of nitrogens with zero attached hydrogens (tertiary/aromatic N) is 1. The van der Waals surface area contributed by atoms with E-state index in [9.17, 15) is 0 Å². The Morgan fingerprint density at radius 3 is 3.10 bits per heavy atom. The number of allylic oxidation sites excluding steroid dienone is 1. The van der Waals surface area contributed by atoms with E-state index in [4.69, 9.17) is 9.47 Å². The van der Waals surface area contributed by atoms with Gasteiger partial charge < -0.3 is 9.47 Å². The van der Waals surface area contributed by atoms with E-state index in [-0.39, 0.29) is 6.10 Å². The number of ether oxygens (including phenoxy) is 2. The summed E-state index contributed by atoms with van der Waals surface area (Å²) in [6.07, 6.45) is 11.3. The standard InChI is InChI=1S/C18H21NO2/c1-13-3-4-14-7-9-19-10-8-15-12-16(20-2)5-6-17(15)21-18(14)11-13/h5-10,12-13,18H,3-4,11H2,1-2H3. The van der Waals surface area contributed by atoms with Gasteiger partial charge in [0.05, 0.1) is 7.11 Å². The third-order valence-corrected chi connectivity index (χ3v) is 4.16. The average molecular weight is 283 g/mol. The molecule has 1 aliphatic heterocycles. The summed E-state index contributed by atoms with van der Waals surface area (Å²) in [6.45, 7) is 2.29. The van der Waals surface area contributed by atoms with E-state index in [1.54, 1.807) is 13.3 Å². The molecule has 21 heavy (non-hydrogen) atoms. The third-order valence-electron chi connectivity index (χ3n) is 4.16. The zero-order valence-corrected chi connectivity index (χ0v) is 12.6. The maximum absolute atomic E-state index is 6.31. The average Bonchev–Trinajstić information content (AvgIpc) is 2.50. The molecular formula is C18H21NO2. The molecular weight excluding hydrogens is 262 g/mol. The second-order valence-corrected chi connectivity index (χ2v) is 5.75. The smallest absolute Gasteiger partial charge is 0.127 e. The van der Waals surface area contributed by atoms with Gasteiger partial charge in [-0.15, -0.1) is 0 Å². The molecule has 0 radical (unpaired) electrons. The van der Waals surface area contributed by atoms with Crippen molar-refractivity contribution in [3.63, 3.8) is 0 Å². The van der Waals surface area contributed by atoms with Crippen molar-refractivity contribution in [3.05, 3.63) is 41.6 Å². The van der Waals surface area contributed by atoms with Crippen LogP contribution in [0.15, 0.2) is 41.0 Å². The monoisotopic (exact) mass is 283 g/mol. The van der Waals surface area contributed by atoms with Crippen molar-refractivity contribution in [2.24, 2.45) is 10.9 Å². The first-order valence-electron chi connectivity index (χ1n) is 7.49. The van der Waals surface area contributed by atoms with Crippen LogP contribution in [-0.4, -0.2) is 19.4 Å². The van der Waals surface area contributed by atoms with Gasteiger partial charge in [-0.3, -0.25) is 4.99 Å². The van der Waals surface area contributed by atoms with Crippen molar-refractivity contribution in [2.45, 2.75) is 32.3 Å². The fourth-order valence-electron chi connectivity index (χ4n) is 2.88. The van der Waals surface area contributed by atoms with Gasteiger partial charge in [0.15, 0.2) is 0 Å². The summed E-state index contributed by atoms with van der Waals surface area (Å²) in [4.78, 5) is 4.32. The molecule has 2 unspecified atom stereocenters. The molecule has 1 aromatic carbocycles. The molecule has 1 fully saturated rings. The summed E-state index contributed by atoms with van der Waals surface area (Å²) in [5.41, 5.74) is 2.35. The largest absolute Gasteiger partial charge is 0.497 e. The molecule has 1 heterocycles. The Balaban J connectivity index is 1.98. The van der Waals surface area contributed by atoms with Crippen LogP contribution in [0.3, 0.4) is 0 Å². The lowest BCUT2D eigenvalue weighted by molar-refractivity contribution is 0.176. The van der Waals surface area contributed by atoms with Gasteiger partial charge in [-0.1, -0.05) is 6.92 Å². The van der Waals surface area contributed by atoms with Crippen LogP contribution in [0.4, 0.5) is 0 Å². The normalized spacial score (nSPS) is 24.4. The summed E-state index contributed by atoms with van der Waals surface area (Å²) in [5, 5.41) is 0. The highest BCUT2D eigenvalue weighted by atomic mass is 16.5. The zero-order chi connectivity index (χ0) is 14.7. The molecule has 3 rings (SSSR count). The van der Waals surface area contributed by atoms with Crippen LogP contribution in [-0.2, 0) is 0 Å². The van der Waals surface area contributed by atoms with E-state index in [1.807, 2.05) is 30.5 Å². The number of aliphatic imine (C=N–C) groups is 1. The Morgan fingerprint density at radius 1 is 1.33 bits per heavy atom. The Kier molecular flexibility index (Phi) is 4.09. The molecule has 3 nitrogen and oxygen atoms in total. The third kappa shape index (κ3) is 3.18. The molecule has 110 valence electrons. The van der Waals surface area contributed by atoms with E-state index in [0.717, 1.165) is 29.9 Å². The van der Waals surface area contributed by atoms with Crippen molar-refractivity contribution in [2.75, 3.05) is 7.11 Å². The highest BCUT2D eigenvalue weighted by Crippen LogP contribution is 2.34. The van der Waals surface area contributed by atoms with Crippen LogP contribution >= 0.6 is 0 Å². The lowest BCUT2D eigenvalue weighted by atomic mass is 9.84. The van der Waals surface area contributed by atoms with Crippen LogP contribution in [0, 0.1) is 5.92 Å². The number of hydrogen-bond acceptors (Lipinski definition) is 3. The van der Waals surface area contributed by atoms with Crippen LogP contribution in [0.25, 0.3) is 6.08 Å². The maximum Gasteiger partial charge on any atom is 0.127 e. The summed E-state index contributed by atoms with van der Waals surface area (Å²) in [6, 6.07) is 5.91. The van der Waals surface area contributed by atoms with Gasteiger partial charge in [0.25, 0.3) is 0 Å². The first-order valence-corrected chi connectivity index (χ1v) is 7.49. The predicted molar refractivity (Wildman–Crippen MR) is 86.0 cm³/mol. The minimum Gasteiger partial charge on any atom is -0.497 e. The molecule has 0 aromatic heterocycles. The Morgan fingerprint density at radius 2 is 2.24 bits per heavy atom. The second kappa shape index (κ2) is 6.17.